The van der Waals surface area contributed by atoms with E-state index in [0.29, 0.717) is 22.2 Å². The summed E-state index contributed by atoms with van der Waals surface area (Å²) in [5, 5.41) is 4.63. The number of amides is 1. The number of esters is 1. The molecule has 0 bridgehead atoms. The van der Waals surface area contributed by atoms with Gasteiger partial charge in [-0.05, 0) is 30.2 Å². The minimum absolute atomic E-state index is 0.339. The smallest absolute Gasteiger partial charge is 0.341 e. The van der Waals surface area contributed by atoms with Crippen LogP contribution in [0.2, 0.25) is 5.02 Å². The van der Waals surface area contributed by atoms with E-state index in [1.54, 1.807) is 12.1 Å². The normalized spacial score (nSPS) is 11.1. The Balaban J connectivity index is 1.83. The first kappa shape index (κ1) is 20.1. The Hall–Kier alpha value is -2.63. The number of unbranched alkanes of at least 4 members (excludes halogenated alkanes) is 1. The molecule has 3 rings (SSSR count). The van der Waals surface area contributed by atoms with Crippen LogP contribution in [0, 0.1) is 0 Å². The lowest BCUT2D eigenvalue weighted by Crippen LogP contribution is -2.12. The van der Waals surface area contributed by atoms with Crippen LogP contribution in [0.25, 0.3) is 16.2 Å². The Labute approximate surface area is 172 Å². The van der Waals surface area contributed by atoms with Gasteiger partial charge in [-0.3, -0.25) is 4.79 Å². The fourth-order valence-corrected chi connectivity index (χ4v) is 3.94. The molecule has 1 aromatic heterocycles. The zero-order chi connectivity index (χ0) is 19.9. The van der Waals surface area contributed by atoms with E-state index in [1.165, 1.54) is 17.4 Å². The van der Waals surface area contributed by atoms with Gasteiger partial charge in [-0.15, -0.1) is 11.3 Å². The highest BCUT2D eigenvalue weighted by atomic mass is 35.5. The number of rotatable bonds is 7. The van der Waals surface area contributed by atoms with E-state index in [4.69, 9.17) is 16.3 Å². The molecule has 0 fully saturated rings. The standard InChI is InChI=1S/C22H20ClNO3S/c1-2-3-14-27-22(26)20-16-9-5-7-11-18(16)28-21(20)24-19(25)13-12-15-8-4-6-10-17(15)23/h4-13H,2-3,14H2,1H3,(H,24,25)/b13-12+. The van der Waals surface area contributed by atoms with E-state index >= 15 is 0 Å². The van der Waals surface area contributed by atoms with Gasteiger partial charge in [0.2, 0.25) is 5.91 Å². The second-order valence-electron chi connectivity index (χ2n) is 6.14. The quantitative estimate of drug-likeness (QED) is 0.286. The molecule has 0 aliphatic rings. The van der Waals surface area contributed by atoms with E-state index in [0.717, 1.165) is 28.5 Å². The lowest BCUT2D eigenvalue weighted by Gasteiger charge is -2.06. The Morgan fingerprint density at radius 2 is 1.89 bits per heavy atom. The van der Waals surface area contributed by atoms with Crippen molar-refractivity contribution in [1.29, 1.82) is 0 Å². The molecule has 0 unspecified atom stereocenters. The zero-order valence-electron chi connectivity index (χ0n) is 15.4. The number of anilines is 1. The number of nitrogens with one attached hydrogen (secondary N) is 1. The largest absolute Gasteiger partial charge is 0.462 e. The minimum Gasteiger partial charge on any atom is -0.462 e. The molecule has 6 heteroatoms. The molecule has 4 nitrogen and oxygen atoms in total. The maximum Gasteiger partial charge on any atom is 0.341 e. The number of hydrogen-bond donors (Lipinski definition) is 1. The summed E-state index contributed by atoms with van der Waals surface area (Å²) in [7, 11) is 0. The molecular formula is C22H20ClNO3S. The van der Waals surface area contributed by atoms with E-state index in [9.17, 15) is 9.59 Å². The van der Waals surface area contributed by atoms with Crippen molar-refractivity contribution in [2.75, 3.05) is 11.9 Å². The van der Waals surface area contributed by atoms with Crippen LogP contribution in [0.5, 0.6) is 0 Å². The van der Waals surface area contributed by atoms with Gasteiger partial charge < -0.3 is 10.1 Å². The van der Waals surface area contributed by atoms with Crippen molar-refractivity contribution in [3.63, 3.8) is 0 Å². The van der Waals surface area contributed by atoms with Crippen molar-refractivity contribution >= 4 is 56.0 Å². The molecule has 1 N–H and O–H groups in total. The maximum atomic E-state index is 12.6. The Morgan fingerprint density at radius 1 is 1.14 bits per heavy atom. The first-order valence-corrected chi connectivity index (χ1v) is 10.2. The summed E-state index contributed by atoms with van der Waals surface area (Å²) in [5.41, 5.74) is 1.14. The van der Waals surface area contributed by atoms with Gasteiger partial charge in [0.15, 0.2) is 0 Å². The van der Waals surface area contributed by atoms with Gasteiger partial charge >= 0.3 is 5.97 Å². The monoisotopic (exact) mass is 413 g/mol. The van der Waals surface area contributed by atoms with Gasteiger partial charge in [0.1, 0.15) is 10.6 Å². The number of ether oxygens (including phenoxy) is 1. The van der Waals surface area contributed by atoms with E-state index < -0.39 is 5.97 Å². The van der Waals surface area contributed by atoms with Crippen molar-refractivity contribution < 1.29 is 14.3 Å². The van der Waals surface area contributed by atoms with Gasteiger partial charge in [0, 0.05) is 21.2 Å². The lowest BCUT2D eigenvalue weighted by atomic mass is 10.1. The summed E-state index contributed by atoms with van der Waals surface area (Å²) in [6.07, 6.45) is 4.78. The fraction of sp³-hybridized carbons (Fsp3) is 0.182. The van der Waals surface area contributed by atoms with E-state index in [2.05, 4.69) is 5.32 Å². The third-order valence-corrected chi connectivity index (χ3v) is 5.52. The summed E-state index contributed by atoms with van der Waals surface area (Å²) in [6, 6.07) is 14.8. The number of carbonyl (C=O) groups excluding carboxylic acids is 2. The highest BCUT2D eigenvalue weighted by Gasteiger charge is 2.21. The summed E-state index contributed by atoms with van der Waals surface area (Å²) in [4.78, 5) is 25.0. The number of thiophene rings is 1. The van der Waals surface area contributed by atoms with Crippen LogP contribution in [-0.2, 0) is 9.53 Å². The second kappa shape index (κ2) is 9.53. The SMILES string of the molecule is CCCCOC(=O)c1c(NC(=O)/C=C/c2ccccc2Cl)sc2ccccc12. The Bertz CT molecular complexity index is 1030. The average molecular weight is 414 g/mol. The number of hydrogen-bond acceptors (Lipinski definition) is 4. The van der Waals surface area contributed by atoms with Gasteiger partial charge in [-0.2, -0.15) is 0 Å². The van der Waals surface area contributed by atoms with Crippen LogP contribution in [0.1, 0.15) is 35.7 Å². The molecule has 0 atom stereocenters. The highest BCUT2D eigenvalue weighted by Crippen LogP contribution is 2.36. The molecule has 0 saturated carbocycles. The van der Waals surface area contributed by atoms with E-state index in [-0.39, 0.29) is 5.91 Å². The summed E-state index contributed by atoms with van der Waals surface area (Å²) in [5.74, 6) is -0.759. The van der Waals surface area contributed by atoms with Crippen LogP contribution >= 0.6 is 22.9 Å². The van der Waals surface area contributed by atoms with Crippen molar-refractivity contribution in [3.8, 4) is 0 Å². The summed E-state index contributed by atoms with van der Waals surface area (Å²) < 4.78 is 6.30. The minimum atomic E-state index is -0.420. The zero-order valence-corrected chi connectivity index (χ0v) is 17.0. The van der Waals surface area contributed by atoms with Crippen molar-refractivity contribution in [1.82, 2.24) is 0 Å². The molecule has 0 saturated heterocycles. The molecule has 3 aromatic rings. The highest BCUT2D eigenvalue weighted by molar-refractivity contribution is 7.23. The molecule has 2 aromatic carbocycles. The summed E-state index contributed by atoms with van der Waals surface area (Å²) >= 11 is 7.46. The van der Waals surface area contributed by atoms with Crippen LogP contribution in [0.3, 0.4) is 0 Å². The molecule has 1 amide bonds. The second-order valence-corrected chi connectivity index (χ2v) is 7.60. The number of fused-ring (bicyclic) bond motifs is 1. The molecule has 28 heavy (non-hydrogen) atoms. The number of benzene rings is 2. The van der Waals surface area contributed by atoms with Crippen molar-refractivity contribution in [2.45, 2.75) is 19.8 Å². The van der Waals surface area contributed by atoms with Gasteiger partial charge in [0.05, 0.1) is 6.61 Å². The first-order chi connectivity index (χ1) is 13.6. The molecular weight excluding hydrogens is 394 g/mol. The third kappa shape index (κ3) is 4.80. The van der Waals surface area contributed by atoms with Crippen LogP contribution in [-0.4, -0.2) is 18.5 Å². The van der Waals surface area contributed by atoms with Crippen LogP contribution in [0.4, 0.5) is 5.00 Å². The van der Waals surface area contributed by atoms with Crippen LogP contribution < -0.4 is 5.32 Å². The van der Waals surface area contributed by atoms with Crippen molar-refractivity contribution in [3.05, 3.63) is 70.8 Å². The first-order valence-electron chi connectivity index (χ1n) is 9.02. The average Bonchev–Trinajstić information content (AvgIpc) is 3.05. The van der Waals surface area contributed by atoms with E-state index in [1.807, 2.05) is 49.4 Å². The van der Waals surface area contributed by atoms with Crippen LogP contribution in [0.15, 0.2) is 54.6 Å². The lowest BCUT2D eigenvalue weighted by molar-refractivity contribution is -0.111. The predicted molar refractivity (Wildman–Crippen MR) is 116 cm³/mol. The fourth-order valence-electron chi connectivity index (χ4n) is 2.65. The molecule has 1 heterocycles. The Kier molecular flexibility index (Phi) is 6.85. The third-order valence-electron chi connectivity index (χ3n) is 4.09. The van der Waals surface area contributed by atoms with Gasteiger partial charge in [-0.25, -0.2) is 4.79 Å². The molecule has 144 valence electrons. The topological polar surface area (TPSA) is 55.4 Å². The van der Waals surface area contributed by atoms with Crippen molar-refractivity contribution in [2.24, 2.45) is 0 Å². The Morgan fingerprint density at radius 3 is 2.68 bits per heavy atom. The summed E-state index contributed by atoms with van der Waals surface area (Å²) in [6.45, 7) is 2.39. The molecule has 0 spiro atoms. The molecule has 0 aliphatic carbocycles. The maximum absolute atomic E-state index is 12.6. The van der Waals surface area contributed by atoms with Gasteiger partial charge in [-0.1, -0.05) is 61.3 Å². The molecule has 0 radical (unpaired) electrons. The predicted octanol–water partition coefficient (Wildman–Crippen LogP) is 6.16. The number of halogens is 1. The number of carbonyl (C=O) groups is 2. The van der Waals surface area contributed by atoms with Gasteiger partial charge in [0.25, 0.3) is 0 Å². The molecule has 0 aliphatic heterocycles.